The number of oxime groups is 1. The summed E-state index contributed by atoms with van der Waals surface area (Å²) < 4.78 is 5.46. The predicted octanol–water partition coefficient (Wildman–Crippen LogP) is 1.55. The summed E-state index contributed by atoms with van der Waals surface area (Å²) in [7, 11) is 0. The molecule has 0 rings (SSSR count). The van der Waals surface area contributed by atoms with E-state index in [0.29, 0.717) is 25.0 Å². The Kier molecular flexibility index (Phi) is 8.80. The lowest BCUT2D eigenvalue weighted by molar-refractivity contribution is 0.103. The first-order valence-corrected chi connectivity index (χ1v) is 6.35. The van der Waals surface area contributed by atoms with Crippen LogP contribution in [0.3, 0.4) is 0 Å². The Morgan fingerprint density at radius 2 is 2.06 bits per heavy atom. The van der Waals surface area contributed by atoms with Crippen molar-refractivity contribution < 1.29 is 9.94 Å². The van der Waals surface area contributed by atoms with Crippen LogP contribution in [-0.2, 0) is 4.74 Å². The Bertz CT molecular complexity index is 220. The standard InChI is InChI=1S/C12H27N3O2/c1-5-10(7-12(13)15-16)14-11(9(3)4)8-17-6-2/h9-11,14,16H,5-8H2,1-4H3,(H2,13,15). The molecule has 0 aromatic carbocycles. The van der Waals surface area contributed by atoms with Gasteiger partial charge in [-0.3, -0.25) is 0 Å². The summed E-state index contributed by atoms with van der Waals surface area (Å²) in [6.45, 7) is 9.81. The van der Waals surface area contributed by atoms with E-state index < -0.39 is 0 Å². The number of nitrogens with zero attached hydrogens (tertiary/aromatic N) is 1. The van der Waals surface area contributed by atoms with Crippen molar-refractivity contribution in [1.29, 1.82) is 0 Å². The molecule has 5 nitrogen and oxygen atoms in total. The Hall–Kier alpha value is -0.810. The fourth-order valence-electron chi connectivity index (χ4n) is 1.59. The van der Waals surface area contributed by atoms with Crippen LogP contribution in [0.15, 0.2) is 5.16 Å². The Morgan fingerprint density at radius 3 is 2.47 bits per heavy atom. The molecule has 0 aromatic rings. The summed E-state index contributed by atoms with van der Waals surface area (Å²) >= 11 is 0. The number of hydrogen-bond donors (Lipinski definition) is 3. The van der Waals surface area contributed by atoms with Gasteiger partial charge >= 0.3 is 0 Å². The molecule has 17 heavy (non-hydrogen) atoms. The molecule has 0 spiro atoms. The topological polar surface area (TPSA) is 79.9 Å². The van der Waals surface area contributed by atoms with Crippen molar-refractivity contribution in [2.75, 3.05) is 13.2 Å². The summed E-state index contributed by atoms with van der Waals surface area (Å²) in [5.74, 6) is 0.756. The molecule has 0 amide bonds. The molecule has 0 radical (unpaired) electrons. The van der Waals surface area contributed by atoms with E-state index >= 15 is 0 Å². The zero-order chi connectivity index (χ0) is 13.3. The highest BCUT2D eigenvalue weighted by atomic mass is 16.5. The van der Waals surface area contributed by atoms with Gasteiger partial charge in [0.1, 0.15) is 5.84 Å². The summed E-state index contributed by atoms with van der Waals surface area (Å²) in [6, 6.07) is 0.519. The van der Waals surface area contributed by atoms with Crippen LogP contribution in [-0.4, -0.2) is 36.3 Å². The van der Waals surface area contributed by atoms with Gasteiger partial charge in [-0.05, 0) is 19.3 Å². The second-order valence-corrected chi connectivity index (χ2v) is 4.58. The number of amidine groups is 1. The van der Waals surface area contributed by atoms with Crippen molar-refractivity contribution in [2.45, 2.75) is 52.6 Å². The van der Waals surface area contributed by atoms with Crippen LogP contribution in [0.2, 0.25) is 0 Å². The predicted molar refractivity (Wildman–Crippen MR) is 70.4 cm³/mol. The van der Waals surface area contributed by atoms with Crippen LogP contribution >= 0.6 is 0 Å². The molecule has 0 bridgehead atoms. The van der Waals surface area contributed by atoms with Crippen molar-refractivity contribution in [1.82, 2.24) is 5.32 Å². The molecule has 0 heterocycles. The van der Waals surface area contributed by atoms with Gasteiger partial charge in [-0.1, -0.05) is 25.9 Å². The highest BCUT2D eigenvalue weighted by molar-refractivity contribution is 5.80. The zero-order valence-electron chi connectivity index (χ0n) is 11.4. The lowest BCUT2D eigenvalue weighted by atomic mass is 10.0. The van der Waals surface area contributed by atoms with E-state index in [1.165, 1.54) is 0 Å². The summed E-state index contributed by atoms with van der Waals surface area (Å²) in [4.78, 5) is 0. The number of hydrogen-bond acceptors (Lipinski definition) is 4. The third-order valence-corrected chi connectivity index (χ3v) is 2.83. The maximum atomic E-state index is 8.57. The average molecular weight is 245 g/mol. The largest absolute Gasteiger partial charge is 0.409 e. The molecule has 2 atom stereocenters. The van der Waals surface area contributed by atoms with Gasteiger partial charge in [-0.15, -0.1) is 0 Å². The minimum absolute atomic E-state index is 0.221. The van der Waals surface area contributed by atoms with Crippen molar-refractivity contribution in [3.05, 3.63) is 0 Å². The van der Waals surface area contributed by atoms with Gasteiger partial charge in [0.25, 0.3) is 0 Å². The first-order chi connectivity index (χ1) is 8.04. The van der Waals surface area contributed by atoms with Crippen LogP contribution in [0.5, 0.6) is 0 Å². The van der Waals surface area contributed by atoms with Gasteiger partial charge < -0.3 is 21.0 Å². The normalized spacial score (nSPS) is 16.2. The summed E-state index contributed by atoms with van der Waals surface area (Å²) in [6.07, 6.45) is 1.49. The Morgan fingerprint density at radius 1 is 1.41 bits per heavy atom. The van der Waals surface area contributed by atoms with E-state index in [0.717, 1.165) is 13.0 Å². The Labute approximate surface area is 104 Å². The van der Waals surface area contributed by atoms with Gasteiger partial charge in [0.15, 0.2) is 0 Å². The zero-order valence-corrected chi connectivity index (χ0v) is 11.4. The summed E-state index contributed by atoms with van der Waals surface area (Å²) in [5, 5.41) is 15.1. The van der Waals surface area contributed by atoms with E-state index in [2.05, 4.69) is 31.2 Å². The molecule has 0 fully saturated rings. The van der Waals surface area contributed by atoms with Crippen LogP contribution in [0.4, 0.5) is 0 Å². The lowest BCUT2D eigenvalue weighted by Gasteiger charge is -2.27. The third kappa shape index (κ3) is 7.18. The van der Waals surface area contributed by atoms with E-state index in [1.807, 2.05) is 6.92 Å². The number of nitrogens with two attached hydrogens (primary N) is 1. The fraction of sp³-hybridized carbons (Fsp3) is 0.917. The quantitative estimate of drug-likeness (QED) is 0.249. The van der Waals surface area contributed by atoms with Gasteiger partial charge in [-0.25, -0.2) is 0 Å². The van der Waals surface area contributed by atoms with Gasteiger partial charge in [0, 0.05) is 25.1 Å². The molecule has 0 aliphatic carbocycles. The number of nitrogens with one attached hydrogen (secondary N) is 1. The van der Waals surface area contributed by atoms with Gasteiger partial charge in [-0.2, -0.15) is 0 Å². The first-order valence-electron chi connectivity index (χ1n) is 6.35. The maximum absolute atomic E-state index is 8.57. The SMILES string of the molecule is CCOCC(NC(CC)CC(N)=NO)C(C)C. The van der Waals surface area contributed by atoms with E-state index in [9.17, 15) is 0 Å². The van der Waals surface area contributed by atoms with Crippen LogP contribution in [0, 0.1) is 5.92 Å². The first kappa shape index (κ1) is 16.2. The second-order valence-electron chi connectivity index (χ2n) is 4.58. The van der Waals surface area contributed by atoms with Crippen molar-refractivity contribution in [3.63, 3.8) is 0 Å². The van der Waals surface area contributed by atoms with Crippen LogP contribution in [0.25, 0.3) is 0 Å². The van der Waals surface area contributed by atoms with Gasteiger partial charge in [0.2, 0.25) is 0 Å². The highest BCUT2D eigenvalue weighted by Gasteiger charge is 2.18. The number of rotatable bonds is 9. The molecular formula is C12H27N3O2. The van der Waals surface area contributed by atoms with E-state index in [4.69, 9.17) is 15.7 Å². The average Bonchev–Trinajstić information content (AvgIpc) is 2.32. The molecule has 0 saturated carbocycles. The van der Waals surface area contributed by atoms with Crippen LogP contribution in [0.1, 0.15) is 40.5 Å². The number of ether oxygens (including phenoxy) is 1. The monoisotopic (exact) mass is 245 g/mol. The van der Waals surface area contributed by atoms with Crippen molar-refractivity contribution >= 4 is 5.84 Å². The molecule has 2 unspecified atom stereocenters. The minimum atomic E-state index is 0.221. The van der Waals surface area contributed by atoms with Crippen molar-refractivity contribution in [3.8, 4) is 0 Å². The fourth-order valence-corrected chi connectivity index (χ4v) is 1.59. The molecule has 0 aliphatic rings. The highest BCUT2D eigenvalue weighted by Crippen LogP contribution is 2.07. The van der Waals surface area contributed by atoms with E-state index in [1.54, 1.807) is 0 Å². The second kappa shape index (κ2) is 9.24. The lowest BCUT2D eigenvalue weighted by Crippen LogP contribution is -2.45. The third-order valence-electron chi connectivity index (χ3n) is 2.83. The van der Waals surface area contributed by atoms with Gasteiger partial charge in [0.05, 0.1) is 6.61 Å². The molecule has 4 N–H and O–H groups in total. The Balaban J connectivity index is 4.27. The molecule has 0 aliphatic heterocycles. The smallest absolute Gasteiger partial charge is 0.140 e. The molecular weight excluding hydrogens is 218 g/mol. The minimum Gasteiger partial charge on any atom is -0.409 e. The molecule has 102 valence electrons. The van der Waals surface area contributed by atoms with Crippen LogP contribution < -0.4 is 11.1 Å². The molecule has 0 saturated heterocycles. The van der Waals surface area contributed by atoms with E-state index in [-0.39, 0.29) is 11.9 Å². The maximum Gasteiger partial charge on any atom is 0.140 e. The molecule has 5 heteroatoms. The van der Waals surface area contributed by atoms with Crippen molar-refractivity contribution in [2.24, 2.45) is 16.8 Å². The summed E-state index contributed by atoms with van der Waals surface area (Å²) in [5.41, 5.74) is 5.53. The molecule has 0 aromatic heterocycles.